The Morgan fingerprint density at radius 1 is 0.848 bits per heavy atom. The monoisotopic (exact) mass is 657 g/mol. The van der Waals surface area contributed by atoms with Gasteiger partial charge in [0.2, 0.25) is 11.8 Å². The Labute approximate surface area is 277 Å². The highest BCUT2D eigenvalue weighted by Crippen LogP contribution is 2.30. The lowest BCUT2D eigenvalue weighted by molar-refractivity contribution is -0.140. The van der Waals surface area contributed by atoms with E-state index < -0.39 is 28.5 Å². The SMILES string of the molecule is Cc1ccccc1CN(C(=O)CN(c1ccc(Cl)cc1C)S(=O)(=O)c1ccccc1)[C@@H](Cc1ccccc1)C(=O)NC1CCCC1. The van der Waals surface area contributed by atoms with Crippen molar-refractivity contribution in [1.82, 2.24) is 10.2 Å². The van der Waals surface area contributed by atoms with Crippen molar-refractivity contribution < 1.29 is 18.0 Å². The van der Waals surface area contributed by atoms with Gasteiger partial charge >= 0.3 is 0 Å². The van der Waals surface area contributed by atoms with Crippen LogP contribution in [0.4, 0.5) is 5.69 Å². The maximum absolute atomic E-state index is 14.7. The number of aryl methyl sites for hydroxylation is 2. The molecule has 0 aliphatic heterocycles. The molecule has 1 fully saturated rings. The zero-order chi connectivity index (χ0) is 32.7. The second-order valence-electron chi connectivity index (χ2n) is 11.9. The van der Waals surface area contributed by atoms with E-state index in [0.29, 0.717) is 16.3 Å². The Balaban J connectivity index is 1.59. The average molecular weight is 658 g/mol. The highest BCUT2D eigenvalue weighted by molar-refractivity contribution is 7.92. The van der Waals surface area contributed by atoms with Crippen molar-refractivity contribution in [3.63, 3.8) is 0 Å². The molecule has 7 nitrogen and oxygen atoms in total. The second kappa shape index (κ2) is 15.0. The Bertz CT molecular complexity index is 1760. The second-order valence-corrected chi connectivity index (χ2v) is 14.2. The van der Waals surface area contributed by atoms with Crippen LogP contribution in [0, 0.1) is 13.8 Å². The fourth-order valence-electron chi connectivity index (χ4n) is 6.02. The van der Waals surface area contributed by atoms with Gasteiger partial charge in [0.05, 0.1) is 10.6 Å². The minimum atomic E-state index is -4.18. The highest BCUT2D eigenvalue weighted by Gasteiger charge is 2.36. The lowest BCUT2D eigenvalue weighted by Crippen LogP contribution is -2.54. The molecule has 0 bridgehead atoms. The molecule has 1 N–H and O–H groups in total. The molecule has 4 aromatic carbocycles. The van der Waals surface area contributed by atoms with Gasteiger partial charge in [0.25, 0.3) is 10.0 Å². The molecule has 0 unspecified atom stereocenters. The van der Waals surface area contributed by atoms with Gasteiger partial charge < -0.3 is 10.2 Å². The van der Waals surface area contributed by atoms with Gasteiger partial charge in [-0.3, -0.25) is 13.9 Å². The van der Waals surface area contributed by atoms with Gasteiger partial charge in [-0.25, -0.2) is 8.42 Å². The average Bonchev–Trinajstić information content (AvgIpc) is 3.56. The molecule has 1 aliphatic carbocycles. The number of rotatable bonds is 12. The van der Waals surface area contributed by atoms with Gasteiger partial charge in [-0.2, -0.15) is 0 Å². The molecule has 9 heteroatoms. The van der Waals surface area contributed by atoms with Crippen LogP contribution in [0.5, 0.6) is 0 Å². The van der Waals surface area contributed by atoms with Crippen LogP contribution in [0.15, 0.2) is 108 Å². The van der Waals surface area contributed by atoms with Crippen LogP contribution in [-0.4, -0.2) is 43.8 Å². The molecule has 1 atom stereocenters. The first kappa shape index (κ1) is 33.2. The molecule has 5 rings (SSSR count). The Hall–Kier alpha value is -4.14. The molecule has 0 aromatic heterocycles. The lowest BCUT2D eigenvalue weighted by atomic mass is 10.0. The van der Waals surface area contributed by atoms with Crippen LogP contribution in [0.2, 0.25) is 5.02 Å². The maximum Gasteiger partial charge on any atom is 0.264 e. The zero-order valence-electron chi connectivity index (χ0n) is 26.2. The summed E-state index contributed by atoms with van der Waals surface area (Å²) >= 11 is 6.25. The summed E-state index contributed by atoms with van der Waals surface area (Å²) in [4.78, 5) is 30.4. The molecule has 1 saturated carbocycles. The van der Waals surface area contributed by atoms with Crippen LogP contribution in [-0.2, 0) is 32.6 Å². The van der Waals surface area contributed by atoms with Gasteiger partial charge in [-0.15, -0.1) is 0 Å². The zero-order valence-corrected chi connectivity index (χ0v) is 27.8. The number of anilines is 1. The predicted molar refractivity (Wildman–Crippen MR) is 183 cm³/mol. The van der Waals surface area contributed by atoms with Crippen molar-refractivity contribution in [1.29, 1.82) is 0 Å². The van der Waals surface area contributed by atoms with Crippen LogP contribution in [0.25, 0.3) is 0 Å². The van der Waals surface area contributed by atoms with E-state index >= 15 is 0 Å². The fourth-order valence-corrected chi connectivity index (χ4v) is 7.75. The van der Waals surface area contributed by atoms with E-state index in [9.17, 15) is 18.0 Å². The number of halogens is 1. The van der Waals surface area contributed by atoms with Gasteiger partial charge in [0.15, 0.2) is 0 Å². The van der Waals surface area contributed by atoms with E-state index in [2.05, 4.69) is 5.32 Å². The van der Waals surface area contributed by atoms with E-state index in [1.165, 1.54) is 12.1 Å². The van der Waals surface area contributed by atoms with Crippen LogP contribution < -0.4 is 9.62 Å². The summed E-state index contributed by atoms with van der Waals surface area (Å²) in [5, 5.41) is 3.67. The molecule has 46 heavy (non-hydrogen) atoms. The third kappa shape index (κ3) is 7.98. The molecular weight excluding hydrogens is 618 g/mol. The molecule has 4 aromatic rings. The summed E-state index contributed by atoms with van der Waals surface area (Å²) in [5.41, 5.74) is 3.69. The van der Waals surface area contributed by atoms with Gasteiger partial charge in [0.1, 0.15) is 12.6 Å². The van der Waals surface area contributed by atoms with Gasteiger partial charge in [-0.1, -0.05) is 97.2 Å². The summed E-state index contributed by atoms with van der Waals surface area (Å²) in [5.74, 6) is -0.725. The van der Waals surface area contributed by atoms with E-state index in [1.54, 1.807) is 48.2 Å². The quantitative estimate of drug-likeness (QED) is 0.181. The molecule has 0 spiro atoms. The van der Waals surface area contributed by atoms with E-state index in [1.807, 2.05) is 61.5 Å². The largest absolute Gasteiger partial charge is 0.352 e. The Morgan fingerprint density at radius 2 is 1.48 bits per heavy atom. The fraction of sp³-hybridized carbons (Fsp3) is 0.297. The van der Waals surface area contributed by atoms with Crippen molar-refractivity contribution in [2.24, 2.45) is 0 Å². The van der Waals surface area contributed by atoms with E-state index in [-0.39, 0.29) is 29.8 Å². The maximum atomic E-state index is 14.7. The first-order valence-electron chi connectivity index (χ1n) is 15.7. The number of benzene rings is 4. The third-order valence-electron chi connectivity index (χ3n) is 8.61. The molecule has 0 heterocycles. The van der Waals surface area contributed by atoms with Crippen LogP contribution in [0.1, 0.15) is 47.9 Å². The minimum absolute atomic E-state index is 0.0489. The molecule has 240 valence electrons. The molecule has 1 aliphatic rings. The number of nitrogens with one attached hydrogen (secondary N) is 1. The predicted octanol–water partition coefficient (Wildman–Crippen LogP) is 6.85. The topological polar surface area (TPSA) is 86.8 Å². The summed E-state index contributed by atoms with van der Waals surface area (Å²) < 4.78 is 29.6. The van der Waals surface area contributed by atoms with Crippen molar-refractivity contribution in [3.8, 4) is 0 Å². The van der Waals surface area contributed by atoms with Gasteiger partial charge in [-0.05, 0) is 79.3 Å². The number of hydrogen-bond acceptors (Lipinski definition) is 4. The van der Waals surface area contributed by atoms with Crippen molar-refractivity contribution in [2.45, 2.75) is 69.5 Å². The van der Waals surface area contributed by atoms with Crippen molar-refractivity contribution in [2.75, 3.05) is 10.8 Å². The minimum Gasteiger partial charge on any atom is -0.352 e. The van der Waals surface area contributed by atoms with Crippen molar-refractivity contribution in [3.05, 3.63) is 130 Å². The number of amides is 2. The van der Waals surface area contributed by atoms with Crippen LogP contribution >= 0.6 is 11.6 Å². The molecule has 0 radical (unpaired) electrons. The number of sulfonamides is 1. The molecule has 2 amide bonds. The third-order valence-corrected chi connectivity index (χ3v) is 10.6. The summed E-state index contributed by atoms with van der Waals surface area (Å²) in [6, 6.07) is 29.5. The first-order chi connectivity index (χ1) is 22.1. The summed E-state index contributed by atoms with van der Waals surface area (Å²) in [6.07, 6.45) is 4.17. The number of nitrogens with zero attached hydrogens (tertiary/aromatic N) is 2. The van der Waals surface area contributed by atoms with E-state index in [0.717, 1.165) is 46.7 Å². The smallest absolute Gasteiger partial charge is 0.264 e. The number of hydrogen-bond donors (Lipinski definition) is 1. The Kier molecular flexibility index (Phi) is 10.8. The van der Waals surface area contributed by atoms with Crippen LogP contribution in [0.3, 0.4) is 0 Å². The highest BCUT2D eigenvalue weighted by atomic mass is 35.5. The lowest BCUT2D eigenvalue weighted by Gasteiger charge is -2.35. The molecular formula is C37H40ClN3O4S. The first-order valence-corrected chi connectivity index (χ1v) is 17.5. The number of carbonyl (C=O) groups is 2. The van der Waals surface area contributed by atoms with Crippen molar-refractivity contribution >= 4 is 39.1 Å². The standard InChI is InChI=1S/C37H40ClN3O4S/c1-27-13-9-10-16-30(27)25-40(35(24-29-14-5-3-6-15-29)37(43)39-32-17-11-12-18-32)36(42)26-41(34-22-21-31(38)23-28(34)2)46(44,45)33-19-7-4-8-20-33/h3-10,13-16,19-23,32,35H,11-12,17-18,24-26H2,1-2H3,(H,39,43)/t35-/m0/s1. The normalized spacial score (nSPS) is 14.1. The van der Waals surface area contributed by atoms with Gasteiger partial charge in [0, 0.05) is 24.0 Å². The van der Waals surface area contributed by atoms with E-state index in [4.69, 9.17) is 11.6 Å². The molecule has 0 saturated heterocycles. The summed E-state index contributed by atoms with van der Waals surface area (Å²) in [6.45, 7) is 3.36. The Morgan fingerprint density at radius 3 is 2.13 bits per heavy atom. The summed E-state index contributed by atoms with van der Waals surface area (Å²) in [7, 11) is -4.18. The number of carbonyl (C=O) groups excluding carboxylic acids is 2.